The van der Waals surface area contributed by atoms with Crippen LogP contribution in [0.15, 0.2) is 39.5 Å². The van der Waals surface area contributed by atoms with Crippen LogP contribution in [0.3, 0.4) is 0 Å². The molecule has 2 unspecified atom stereocenters. The fourth-order valence-corrected chi connectivity index (χ4v) is 2.53. The SMILES string of the molecule is CCC(Br)C(Br)c1cc2ccccc2c(=O)o1. The molecular weight excluding hydrogens is 348 g/mol. The molecule has 2 aromatic rings. The standard InChI is InChI=1S/C13H12Br2O2/c1-2-10(14)12(15)11-7-8-5-3-4-6-9(8)13(16)17-11/h3-7,10,12H,2H2,1H3. The van der Waals surface area contributed by atoms with Gasteiger partial charge in [0.2, 0.25) is 0 Å². The molecule has 90 valence electrons. The minimum Gasteiger partial charge on any atom is -0.426 e. The molecule has 0 saturated heterocycles. The molecule has 0 aliphatic rings. The van der Waals surface area contributed by atoms with Crippen LogP contribution in [0, 0.1) is 0 Å². The first kappa shape index (κ1) is 12.8. The molecule has 0 N–H and O–H groups in total. The second kappa shape index (κ2) is 5.36. The Labute approximate surface area is 116 Å². The third kappa shape index (κ3) is 2.63. The average molecular weight is 360 g/mol. The Balaban J connectivity index is 2.54. The summed E-state index contributed by atoms with van der Waals surface area (Å²) in [6, 6.07) is 9.37. The van der Waals surface area contributed by atoms with E-state index in [1.54, 1.807) is 6.07 Å². The Morgan fingerprint density at radius 3 is 2.71 bits per heavy atom. The van der Waals surface area contributed by atoms with E-state index in [1.165, 1.54) is 0 Å². The van der Waals surface area contributed by atoms with Crippen LogP contribution in [-0.2, 0) is 0 Å². The molecule has 0 fully saturated rings. The van der Waals surface area contributed by atoms with Gasteiger partial charge < -0.3 is 4.42 Å². The van der Waals surface area contributed by atoms with Crippen molar-refractivity contribution in [3.05, 3.63) is 46.5 Å². The molecule has 2 nitrogen and oxygen atoms in total. The van der Waals surface area contributed by atoms with Crippen molar-refractivity contribution in [3.63, 3.8) is 0 Å². The Bertz CT molecular complexity index is 577. The topological polar surface area (TPSA) is 30.2 Å². The Hall–Kier alpha value is -0.610. The van der Waals surface area contributed by atoms with Gasteiger partial charge in [-0.05, 0) is 23.9 Å². The van der Waals surface area contributed by atoms with E-state index >= 15 is 0 Å². The van der Waals surface area contributed by atoms with Crippen LogP contribution in [0.2, 0.25) is 0 Å². The third-order valence-corrected chi connectivity index (χ3v) is 5.64. The molecule has 0 aliphatic heterocycles. The Morgan fingerprint density at radius 1 is 1.29 bits per heavy atom. The summed E-state index contributed by atoms with van der Waals surface area (Å²) < 4.78 is 5.34. The normalized spacial score (nSPS) is 14.8. The average Bonchev–Trinajstić information content (AvgIpc) is 2.37. The van der Waals surface area contributed by atoms with E-state index < -0.39 is 0 Å². The van der Waals surface area contributed by atoms with Gasteiger partial charge in [0.1, 0.15) is 5.76 Å². The fourth-order valence-electron chi connectivity index (χ4n) is 1.67. The molecule has 0 amide bonds. The summed E-state index contributed by atoms with van der Waals surface area (Å²) in [4.78, 5) is 12.1. The lowest BCUT2D eigenvalue weighted by molar-refractivity contribution is 0.462. The van der Waals surface area contributed by atoms with Crippen molar-refractivity contribution in [2.45, 2.75) is 23.0 Å². The Kier molecular flexibility index (Phi) is 4.05. The summed E-state index contributed by atoms with van der Waals surface area (Å²) in [5, 5.41) is 1.54. The van der Waals surface area contributed by atoms with Gasteiger partial charge in [0.15, 0.2) is 0 Å². The van der Waals surface area contributed by atoms with Gasteiger partial charge in [0.25, 0.3) is 0 Å². The van der Waals surface area contributed by atoms with E-state index in [-0.39, 0.29) is 15.3 Å². The molecule has 1 heterocycles. The Morgan fingerprint density at radius 2 is 2.00 bits per heavy atom. The lowest BCUT2D eigenvalue weighted by Gasteiger charge is -2.13. The smallest absolute Gasteiger partial charge is 0.343 e. The maximum Gasteiger partial charge on any atom is 0.343 e. The molecular formula is C13H12Br2O2. The van der Waals surface area contributed by atoms with E-state index in [9.17, 15) is 4.79 Å². The fraction of sp³-hybridized carbons (Fsp3) is 0.308. The lowest BCUT2D eigenvalue weighted by atomic mass is 10.1. The minimum absolute atomic E-state index is 0.00445. The van der Waals surface area contributed by atoms with Crippen molar-refractivity contribution in [1.29, 1.82) is 0 Å². The summed E-state index contributed by atoms with van der Waals surface area (Å²) >= 11 is 7.11. The van der Waals surface area contributed by atoms with Crippen molar-refractivity contribution in [2.75, 3.05) is 0 Å². The van der Waals surface area contributed by atoms with Gasteiger partial charge in [-0.2, -0.15) is 0 Å². The van der Waals surface area contributed by atoms with Crippen LogP contribution >= 0.6 is 31.9 Å². The van der Waals surface area contributed by atoms with E-state index in [0.29, 0.717) is 11.1 Å². The van der Waals surface area contributed by atoms with Crippen molar-refractivity contribution in [2.24, 2.45) is 0 Å². The monoisotopic (exact) mass is 358 g/mol. The molecule has 4 heteroatoms. The van der Waals surface area contributed by atoms with Gasteiger partial charge in [-0.3, -0.25) is 0 Å². The zero-order valence-corrected chi connectivity index (χ0v) is 12.5. The number of halogens is 2. The molecule has 17 heavy (non-hydrogen) atoms. The molecule has 0 spiro atoms. The van der Waals surface area contributed by atoms with E-state index in [1.807, 2.05) is 24.3 Å². The quantitative estimate of drug-likeness (QED) is 0.760. The number of alkyl halides is 2. The summed E-state index contributed by atoms with van der Waals surface area (Å²) in [5.74, 6) is 0.664. The maximum atomic E-state index is 11.8. The lowest BCUT2D eigenvalue weighted by Crippen LogP contribution is -2.09. The maximum absolute atomic E-state index is 11.8. The summed E-state index contributed by atoms with van der Waals surface area (Å²) in [6.07, 6.45) is 0.951. The van der Waals surface area contributed by atoms with Crippen molar-refractivity contribution < 1.29 is 4.42 Å². The van der Waals surface area contributed by atoms with Crippen LogP contribution in [-0.4, -0.2) is 4.83 Å². The predicted octanol–water partition coefficient (Wildman–Crippen LogP) is 4.40. The highest BCUT2D eigenvalue weighted by Crippen LogP contribution is 2.33. The first-order chi connectivity index (χ1) is 8.13. The first-order valence-electron chi connectivity index (χ1n) is 5.44. The molecule has 2 atom stereocenters. The predicted molar refractivity (Wildman–Crippen MR) is 77.2 cm³/mol. The van der Waals surface area contributed by atoms with Crippen molar-refractivity contribution in [3.8, 4) is 0 Å². The van der Waals surface area contributed by atoms with Gasteiger partial charge in [0, 0.05) is 4.83 Å². The van der Waals surface area contributed by atoms with Gasteiger partial charge in [-0.15, -0.1) is 0 Å². The molecule has 0 radical (unpaired) electrons. The summed E-state index contributed by atoms with van der Waals surface area (Å²) in [6.45, 7) is 2.08. The number of benzene rings is 1. The summed E-state index contributed by atoms with van der Waals surface area (Å²) in [7, 11) is 0. The molecule has 0 aliphatic carbocycles. The molecule has 1 aromatic heterocycles. The van der Waals surface area contributed by atoms with Crippen molar-refractivity contribution in [1.82, 2.24) is 0 Å². The number of hydrogen-bond acceptors (Lipinski definition) is 2. The highest BCUT2D eigenvalue weighted by molar-refractivity contribution is 9.12. The van der Waals surface area contributed by atoms with Crippen LogP contribution in [0.5, 0.6) is 0 Å². The van der Waals surface area contributed by atoms with E-state index in [0.717, 1.165) is 11.8 Å². The highest BCUT2D eigenvalue weighted by atomic mass is 79.9. The van der Waals surface area contributed by atoms with Gasteiger partial charge >= 0.3 is 5.63 Å². The zero-order chi connectivity index (χ0) is 12.4. The van der Waals surface area contributed by atoms with Gasteiger partial charge in [-0.1, -0.05) is 57.0 Å². The number of fused-ring (bicyclic) bond motifs is 1. The molecule has 0 saturated carbocycles. The molecule has 1 aromatic carbocycles. The highest BCUT2D eigenvalue weighted by Gasteiger charge is 2.19. The van der Waals surface area contributed by atoms with Crippen LogP contribution in [0.1, 0.15) is 23.9 Å². The first-order valence-corrected chi connectivity index (χ1v) is 7.27. The van der Waals surface area contributed by atoms with Gasteiger partial charge in [-0.25, -0.2) is 4.79 Å². The second-order valence-corrected chi connectivity index (χ2v) is 6.01. The van der Waals surface area contributed by atoms with E-state index in [4.69, 9.17) is 4.42 Å². The molecule has 0 bridgehead atoms. The second-order valence-electron chi connectivity index (χ2n) is 3.85. The minimum atomic E-state index is -0.279. The number of rotatable bonds is 3. The largest absolute Gasteiger partial charge is 0.426 e. The van der Waals surface area contributed by atoms with Crippen LogP contribution < -0.4 is 5.63 Å². The van der Waals surface area contributed by atoms with E-state index in [2.05, 4.69) is 38.8 Å². The number of hydrogen-bond donors (Lipinski definition) is 0. The van der Waals surface area contributed by atoms with Crippen LogP contribution in [0.25, 0.3) is 10.8 Å². The summed E-state index contributed by atoms with van der Waals surface area (Å²) in [5.41, 5.74) is -0.279. The zero-order valence-electron chi connectivity index (χ0n) is 9.32. The molecule has 2 rings (SSSR count). The van der Waals surface area contributed by atoms with Crippen molar-refractivity contribution >= 4 is 42.6 Å². The third-order valence-electron chi connectivity index (χ3n) is 2.67. The van der Waals surface area contributed by atoms with Gasteiger partial charge in [0.05, 0.1) is 10.2 Å². The van der Waals surface area contributed by atoms with Crippen LogP contribution in [0.4, 0.5) is 0 Å².